The molecule has 0 atom stereocenters. The molecule has 0 aliphatic heterocycles. The Morgan fingerprint density at radius 3 is 2.63 bits per heavy atom. The summed E-state index contributed by atoms with van der Waals surface area (Å²) in [6.45, 7) is 0. The summed E-state index contributed by atoms with van der Waals surface area (Å²) in [5.41, 5.74) is 0.737. The van der Waals surface area contributed by atoms with Gasteiger partial charge in [0.25, 0.3) is 5.91 Å². The van der Waals surface area contributed by atoms with Crippen LogP contribution in [-0.4, -0.2) is 22.0 Å². The van der Waals surface area contributed by atoms with E-state index in [1.54, 1.807) is 6.07 Å². The monoisotopic (exact) mass is 404 g/mol. The van der Waals surface area contributed by atoms with Gasteiger partial charge < -0.3 is 10.4 Å². The first-order chi connectivity index (χ1) is 8.97. The Morgan fingerprint density at radius 2 is 2.05 bits per heavy atom. The van der Waals surface area contributed by atoms with E-state index in [0.29, 0.717) is 15.0 Å². The van der Waals surface area contributed by atoms with Crippen LogP contribution < -0.4 is 5.32 Å². The molecule has 98 valence electrons. The van der Waals surface area contributed by atoms with Crippen LogP contribution in [0.5, 0.6) is 0 Å². The number of carboxylic acids is 1. The van der Waals surface area contributed by atoms with Crippen LogP contribution in [0.15, 0.2) is 32.0 Å². The maximum absolute atomic E-state index is 12.0. The first-order valence-electron chi connectivity index (χ1n) is 4.93. The van der Waals surface area contributed by atoms with Gasteiger partial charge in [-0.15, -0.1) is 11.3 Å². The van der Waals surface area contributed by atoms with Crippen molar-refractivity contribution in [1.82, 2.24) is 4.98 Å². The summed E-state index contributed by atoms with van der Waals surface area (Å²) >= 11 is 7.96. The highest BCUT2D eigenvalue weighted by molar-refractivity contribution is 9.12. The zero-order chi connectivity index (χ0) is 14.0. The van der Waals surface area contributed by atoms with Crippen LogP contribution in [0.25, 0.3) is 0 Å². The molecular weight excluding hydrogens is 400 g/mol. The average molecular weight is 406 g/mol. The van der Waals surface area contributed by atoms with Crippen LogP contribution in [0.3, 0.4) is 0 Å². The van der Waals surface area contributed by atoms with Gasteiger partial charge in [0.1, 0.15) is 5.69 Å². The van der Waals surface area contributed by atoms with Crippen molar-refractivity contribution in [3.05, 3.63) is 43.2 Å². The molecule has 0 fully saturated rings. The number of carbonyl (C=O) groups excluding carboxylic acids is 1. The lowest BCUT2D eigenvalue weighted by molar-refractivity contribution is 0.0690. The summed E-state index contributed by atoms with van der Waals surface area (Å²) in [7, 11) is 0. The minimum Gasteiger partial charge on any atom is -0.477 e. The molecule has 0 radical (unpaired) electrons. The van der Waals surface area contributed by atoms with Crippen LogP contribution >= 0.6 is 43.2 Å². The molecule has 1 amide bonds. The molecule has 2 aromatic heterocycles. The standard InChI is InChI=1S/C11H6Br2N2O3S/c12-8-4-6(9(13)19-8)10(16)15-5-1-2-14-7(3-5)11(17)18/h1-4H,(H,17,18)(H,14,15,16). The van der Waals surface area contributed by atoms with E-state index in [1.807, 2.05) is 0 Å². The van der Waals surface area contributed by atoms with Gasteiger partial charge in [-0.2, -0.15) is 0 Å². The molecule has 2 N–H and O–H groups in total. The smallest absolute Gasteiger partial charge is 0.354 e. The van der Waals surface area contributed by atoms with Gasteiger partial charge >= 0.3 is 5.97 Å². The lowest BCUT2D eigenvalue weighted by Crippen LogP contribution is -2.12. The highest BCUT2D eigenvalue weighted by Crippen LogP contribution is 2.32. The summed E-state index contributed by atoms with van der Waals surface area (Å²) < 4.78 is 1.52. The molecule has 0 unspecified atom stereocenters. The molecule has 2 rings (SSSR count). The number of carboxylic acid groups (broad SMARTS) is 1. The van der Waals surface area contributed by atoms with Gasteiger partial charge in [0.15, 0.2) is 0 Å². The van der Waals surface area contributed by atoms with E-state index >= 15 is 0 Å². The quantitative estimate of drug-likeness (QED) is 0.817. The van der Waals surface area contributed by atoms with Crippen LogP contribution in [-0.2, 0) is 0 Å². The molecule has 19 heavy (non-hydrogen) atoms. The summed E-state index contributed by atoms with van der Waals surface area (Å²) in [6, 6.07) is 4.51. The van der Waals surface area contributed by atoms with E-state index in [1.165, 1.54) is 29.7 Å². The van der Waals surface area contributed by atoms with Crippen molar-refractivity contribution in [2.24, 2.45) is 0 Å². The minimum absolute atomic E-state index is 0.122. The molecule has 0 spiro atoms. The normalized spacial score (nSPS) is 10.2. The van der Waals surface area contributed by atoms with Gasteiger partial charge in [0.05, 0.1) is 13.1 Å². The predicted octanol–water partition coefficient (Wildman–Crippen LogP) is 3.62. The molecule has 0 aliphatic carbocycles. The van der Waals surface area contributed by atoms with Crippen LogP contribution in [0.1, 0.15) is 20.8 Å². The topological polar surface area (TPSA) is 79.3 Å². The van der Waals surface area contributed by atoms with E-state index in [4.69, 9.17) is 5.11 Å². The SMILES string of the molecule is O=C(O)c1cc(NC(=O)c2cc(Br)sc2Br)ccn1. The fraction of sp³-hybridized carbons (Fsp3) is 0. The van der Waals surface area contributed by atoms with E-state index < -0.39 is 5.97 Å². The van der Waals surface area contributed by atoms with Gasteiger partial charge in [-0.1, -0.05) is 0 Å². The lowest BCUT2D eigenvalue weighted by Gasteiger charge is -2.04. The maximum atomic E-state index is 12.0. The number of amides is 1. The molecular formula is C11H6Br2N2O3S. The summed E-state index contributed by atoms with van der Waals surface area (Å²) in [5, 5.41) is 11.4. The number of hydrogen-bond acceptors (Lipinski definition) is 4. The van der Waals surface area contributed by atoms with Crippen LogP contribution in [0.2, 0.25) is 0 Å². The average Bonchev–Trinajstić information content (AvgIpc) is 2.69. The molecule has 8 heteroatoms. The molecule has 0 bridgehead atoms. The third-order valence-electron chi connectivity index (χ3n) is 2.14. The molecule has 0 saturated heterocycles. The van der Waals surface area contributed by atoms with E-state index in [0.717, 1.165) is 3.79 Å². The maximum Gasteiger partial charge on any atom is 0.354 e. The Kier molecular flexibility index (Phi) is 4.33. The molecule has 2 heterocycles. The third-order valence-corrected chi connectivity index (χ3v) is 4.48. The fourth-order valence-corrected chi connectivity index (χ4v) is 4.11. The van der Waals surface area contributed by atoms with E-state index in [-0.39, 0.29) is 11.6 Å². The molecule has 0 aliphatic rings. The second kappa shape index (κ2) is 5.81. The molecule has 5 nitrogen and oxygen atoms in total. The van der Waals surface area contributed by atoms with Crippen molar-refractivity contribution in [3.8, 4) is 0 Å². The van der Waals surface area contributed by atoms with Crippen molar-refractivity contribution in [1.29, 1.82) is 0 Å². The number of pyridine rings is 1. The van der Waals surface area contributed by atoms with Crippen LogP contribution in [0.4, 0.5) is 5.69 Å². The number of nitrogens with zero attached hydrogens (tertiary/aromatic N) is 1. The van der Waals surface area contributed by atoms with Gasteiger partial charge in [0, 0.05) is 11.9 Å². The fourth-order valence-electron chi connectivity index (χ4n) is 1.32. The summed E-state index contributed by atoms with van der Waals surface area (Å²) in [5.74, 6) is -1.47. The number of halogens is 2. The lowest BCUT2D eigenvalue weighted by atomic mass is 10.3. The number of thiophene rings is 1. The first kappa shape index (κ1) is 14.2. The minimum atomic E-state index is -1.14. The number of aromatic nitrogens is 1. The highest BCUT2D eigenvalue weighted by atomic mass is 79.9. The van der Waals surface area contributed by atoms with Gasteiger partial charge in [0.2, 0.25) is 0 Å². The van der Waals surface area contributed by atoms with Crippen molar-refractivity contribution in [2.45, 2.75) is 0 Å². The Bertz CT molecular complexity index is 657. The zero-order valence-electron chi connectivity index (χ0n) is 9.18. The number of carbonyl (C=O) groups is 2. The number of nitrogens with one attached hydrogen (secondary N) is 1. The highest BCUT2D eigenvalue weighted by Gasteiger charge is 2.14. The van der Waals surface area contributed by atoms with Crippen molar-refractivity contribution >= 4 is 60.8 Å². The number of rotatable bonds is 3. The van der Waals surface area contributed by atoms with Crippen LogP contribution in [0, 0.1) is 0 Å². The number of hydrogen-bond donors (Lipinski definition) is 2. The Hall–Kier alpha value is -1.25. The molecule has 0 saturated carbocycles. The Morgan fingerprint density at radius 1 is 1.32 bits per heavy atom. The number of aromatic carboxylic acids is 1. The third kappa shape index (κ3) is 3.40. The van der Waals surface area contributed by atoms with Crippen molar-refractivity contribution in [3.63, 3.8) is 0 Å². The second-order valence-electron chi connectivity index (χ2n) is 3.43. The van der Waals surface area contributed by atoms with Crippen molar-refractivity contribution in [2.75, 3.05) is 5.32 Å². The van der Waals surface area contributed by atoms with E-state index in [2.05, 4.69) is 42.2 Å². The largest absolute Gasteiger partial charge is 0.477 e. The van der Waals surface area contributed by atoms with E-state index in [9.17, 15) is 9.59 Å². The predicted molar refractivity (Wildman–Crippen MR) is 78.9 cm³/mol. The Labute approximate surface area is 128 Å². The van der Waals surface area contributed by atoms with Crippen molar-refractivity contribution < 1.29 is 14.7 Å². The molecule has 2 aromatic rings. The summed E-state index contributed by atoms with van der Waals surface area (Å²) in [6.07, 6.45) is 1.33. The second-order valence-corrected chi connectivity index (χ2v) is 7.18. The first-order valence-corrected chi connectivity index (χ1v) is 7.33. The molecule has 0 aromatic carbocycles. The van der Waals surface area contributed by atoms with Gasteiger partial charge in [-0.25, -0.2) is 9.78 Å². The van der Waals surface area contributed by atoms with Gasteiger partial charge in [-0.05, 0) is 50.1 Å². The van der Waals surface area contributed by atoms with Gasteiger partial charge in [-0.3, -0.25) is 4.79 Å². The number of anilines is 1. The Balaban J connectivity index is 2.21. The zero-order valence-corrected chi connectivity index (χ0v) is 13.2. The summed E-state index contributed by atoms with van der Waals surface area (Å²) in [4.78, 5) is 26.5.